The normalized spacial score (nSPS) is 18.1. The molecule has 1 aliphatic heterocycles. The second kappa shape index (κ2) is 8.13. The van der Waals surface area contributed by atoms with Gasteiger partial charge in [0.25, 0.3) is 5.91 Å². The molecule has 0 radical (unpaired) electrons. The lowest BCUT2D eigenvalue weighted by atomic mass is 9.91. The van der Waals surface area contributed by atoms with Crippen molar-refractivity contribution in [3.05, 3.63) is 34.6 Å². The highest BCUT2D eigenvalue weighted by atomic mass is 19.1. The van der Waals surface area contributed by atoms with Crippen molar-refractivity contribution >= 4 is 17.8 Å². The summed E-state index contributed by atoms with van der Waals surface area (Å²) in [5.41, 5.74) is 6.88. The molecule has 0 aromatic heterocycles. The molecular formula is C22H29FN2O4. The molecule has 0 spiro atoms. The predicted octanol–water partition coefficient (Wildman–Crippen LogP) is 3.41. The van der Waals surface area contributed by atoms with Gasteiger partial charge in [-0.3, -0.25) is 14.4 Å². The number of nitrogens with two attached hydrogens (primary N) is 1. The largest absolute Gasteiger partial charge is 0.460 e. The van der Waals surface area contributed by atoms with Crippen molar-refractivity contribution in [1.82, 2.24) is 4.90 Å². The van der Waals surface area contributed by atoms with E-state index in [0.717, 1.165) is 36.8 Å². The van der Waals surface area contributed by atoms with Crippen molar-refractivity contribution in [3.63, 3.8) is 0 Å². The number of esters is 1. The van der Waals surface area contributed by atoms with Gasteiger partial charge in [-0.25, -0.2) is 4.39 Å². The number of nitrogens with zero attached hydrogens (tertiary/aromatic N) is 1. The molecule has 1 saturated carbocycles. The highest BCUT2D eigenvalue weighted by Gasteiger charge is 2.38. The summed E-state index contributed by atoms with van der Waals surface area (Å²) in [5.74, 6) is -1.75. The van der Waals surface area contributed by atoms with Crippen LogP contribution in [0.3, 0.4) is 0 Å². The smallest absolute Gasteiger partial charge is 0.306 e. The standard InChI is InChI=1S/C22H29FN2O4/c1-22(2,3)29-19(26)9-8-18(20(24)27)25-12-17-15(13-6-4-5-7-13)10-14(23)11-16(17)21(25)28/h10-11,13,18H,4-9,12H2,1-3H3,(H2,24,27). The Hall–Kier alpha value is -2.44. The monoisotopic (exact) mass is 404 g/mol. The van der Waals surface area contributed by atoms with E-state index in [1.54, 1.807) is 20.8 Å². The molecule has 3 rings (SSSR count). The van der Waals surface area contributed by atoms with E-state index in [0.29, 0.717) is 5.56 Å². The Morgan fingerprint density at radius 1 is 1.28 bits per heavy atom. The molecule has 1 fully saturated rings. The average Bonchev–Trinajstić information content (AvgIpc) is 3.22. The number of fused-ring (bicyclic) bond motifs is 1. The number of carbonyl (C=O) groups is 3. The third kappa shape index (κ3) is 4.77. The maximum absolute atomic E-state index is 14.2. The third-order valence-electron chi connectivity index (χ3n) is 5.61. The lowest BCUT2D eigenvalue weighted by molar-refractivity contribution is -0.155. The van der Waals surface area contributed by atoms with Gasteiger partial charge in [0.15, 0.2) is 0 Å². The molecule has 2 N–H and O–H groups in total. The van der Waals surface area contributed by atoms with Crippen molar-refractivity contribution in [2.75, 3.05) is 0 Å². The van der Waals surface area contributed by atoms with Gasteiger partial charge in [0.05, 0.1) is 0 Å². The molecule has 7 heteroatoms. The molecule has 1 aromatic carbocycles. The molecule has 1 unspecified atom stereocenters. The fourth-order valence-corrected chi connectivity index (χ4v) is 4.37. The minimum atomic E-state index is -0.943. The van der Waals surface area contributed by atoms with Gasteiger partial charge in [-0.1, -0.05) is 12.8 Å². The second-order valence-corrected chi connectivity index (χ2v) is 8.98. The maximum Gasteiger partial charge on any atom is 0.306 e. The van der Waals surface area contributed by atoms with Crippen LogP contribution in [0.2, 0.25) is 0 Å². The summed E-state index contributed by atoms with van der Waals surface area (Å²) in [6.07, 6.45) is 4.17. The van der Waals surface area contributed by atoms with Gasteiger partial charge in [0.1, 0.15) is 17.5 Å². The van der Waals surface area contributed by atoms with Gasteiger partial charge >= 0.3 is 5.97 Å². The summed E-state index contributed by atoms with van der Waals surface area (Å²) in [5, 5.41) is 0. The van der Waals surface area contributed by atoms with Crippen LogP contribution in [0, 0.1) is 5.82 Å². The van der Waals surface area contributed by atoms with Crippen molar-refractivity contribution in [2.24, 2.45) is 5.73 Å². The van der Waals surface area contributed by atoms with Crippen LogP contribution in [0.1, 0.15) is 86.7 Å². The molecule has 0 bridgehead atoms. The first kappa shape index (κ1) is 21.3. The highest BCUT2D eigenvalue weighted by molar-refractivity contribution is 6.01. The molecule has 1 atom stereocenters. The van der Waals surface area contributed by atoms with E-state index < -0.39 is 35.2 Å². The molecule has 1 aromatic rings. The molecule has 6 nitrogen and oxygen atoms in total. The zero-order valence-electron chi connectivity index (χ0n) is 17.3. The molecule has 0 saturated heterocycles. The van der Waals surface area contributed by atoms with Gasteiger partial charge < -0.3 is 15.4 Å². The third-order valence-corrected chi connectivity index (χ3v) is 5.61. The van der Waals surface area contributed by atoms with Gasteiger partial charge in [-0.05, 0) is 69.2 Å². The van der Waals surface area contributed by atoms with Crippen LogP contribution in [0.15, 0.2) is 12.1 Å². The molecule has 1 heterocycles. The maximum atomic E-state index is 14.2. The summed E-state index contributed by atoms with van der Waals surface area (Å²) >= 11 is 0. The van der Waals surface area contributed by atoms with Gasteiger partial charge in [-0.2, -0.15) is 0 Å². The molecule has 2 aliphatic rings. The summed E-state index contributed by atoms with van der Waals surface area (Å²) < 4.78 is 19.5. The zero-order valence-corrected chi connectivity index (χ0v) is 17.3. The first-order valence-electron chi connectivity index (χ1n) is 10.2. The molecule has 1 aliphatic carbocycles. The van der Waals surface area contributed by atoms with Crippen LogP contribution in [-0.2, 0) is 20.9 Å². The summed E-state index contributed by atoms with van der Waals surface area (Å²) in [6, 6.07) is 1.81. The number of benzene rings is 1. The quantitative estimate of drug-likeness (QED) is 0.736. The number of rotatable bonds is 6. The van der Waals surface area contributed by atoms with E-state index in [1.807, 2.05) is 0 Å². The Morgan fingerprint density at radius 3 is 2.52 bits per heavy atom. The number of primary amides is 1. The minimum absolute atomic E-state index is 0.0329. The lowest BCUT2D eigenvalue weighted by Gasteiger charge is -2.26. The van der Waals surface area contributed by atoms with E-state index in [1.165, 1.54) is 17.0 Å². The van der Waals surface area contributed by atoms with E-state index in [-0.39, 0.29) is 25.3 Å². The minimum Gasteiger partial charge on any atom is -0.460 e. The van der Waals surface area contributed by atoms with Crippen LogP contribution >= 0.6 is 0 Å². The molecule has 29 heavy (non-hydrogen) atoms. The number of carbonyl (C=O) groups excluding carboxylic acids is 3. The number of hydrogen-bond acceptors (Lipinski definition) is 4. The molecular weight excluding hydrogens is 375 g/mol. The van der Waals surface area contributed by atoms with Crippen molar-refractivity contribution in [2.45, 2.75) is 83.4 Å². The zero-order chi connectivity index (χ0) is 21.3. The topological polar surface area (TPSA) is 89.7 Å². The van der Waals surface area contributed by atoms with Gasteiger partial charge in [0, 0.05) is 18.5 Å². The number of hydrogen-bond donors (Lipinski definition) is 1. The van der Waals surface area contributed by atoms with E-state index in [9.17, 15) is 18.8 Å². The summed E-state index contributed by atoms with van der Waals surface area (Å²) in [4.78, 5) is 38.5. The van der Waals surface area contributed by atoms with Crippen LogP contribution in [-0.4, -0.2) is 34.3 Å². The Labute approximate surface area is 170 Å². The second-order valence-electron chi connectivity index (χ2n) is 8.98. The summed E-state index contributed by atoms with van der Waals surface area (Å²) in [7, 11) is 0. The number of halogens is 1. The Morgan fingerprint density at radius 2 is 1.93 bits per heavy atom. The fraction of sp³-hybridized carbons (Fsp3) is 0.591. The average molecular weight is 404 g/mol. The summed E-state index contributed by atoms with van der Waals surface area (Å²) in [6.45, 7) is 5.49. The van der Waals surface area contributed by atoms with Crippen molar-refractivity contribution in [3.8, 4) is 0 Å². The Kier molecular flexibility index (Phi) is 5.96. The SMILES string of the molecule is CC(C)(C)OC(=O)CCC(C(N)=O)N1Cc2c(cc(F)cc2C2CCCC2)C1=O. The Bertz CT molecular complexity index is 825. The number of amides is 2. The molecule has 158 valence electrons. The Balaban J connectivity index is 1.80. The van der Waals surface area contributed by atoms with Crippen molar-refractivity contribution < 1.29 is 23.5 Å². The number of ether oxygens (including phenoxy) is 1. The van der Waals surface area contributed by atoms with Crippen molar-refractivity contribution in [1.29, 1.82) is 0 Å². The lowest BCUT2D eigenvalue weighted by Crippen LogP contribution is -2.45. The van der Waals surface area contributed by atoms with E-state index in [2.05, 4.69) is 0 Å². The fourth-order valence-electron chi connectivity index (χ4n) is 4.37. The highest BCUT2D eigenvalue weighted by Crippen LogP contribution is 2.40. The van der Waals surface area contributed by atoms with Crippen LogP contribution in [0.25, 0.3) is 0 Å². The van der Waals surface area contributed by atoms with Gasteiger partial charge in [0.2, 0.25) is 5.91 Å². The van der Waals surface area contributed by atoms with Crippen LogP contribution in [0.5, 0.6) is 0 Å². The molecule has 2 amide bonds. The van der Waals surface area contributed by atoms with E-state index in [4.69, 9.17) is 10.5 Å². The predicted molar refractivity (Wildman–Crippen MR) is 106 cm³/mol. The van der Waals surface area contributed by atoms with Crippen LogP contribution in [0.4, 0.5) is 4.39 Å². The first-order chi connectivity index (χ1) is 13.6. The first-order valence-corrected chi connectivity index (χ1v) is 10.2. The van der Waals surface area contributed by atoms with E-state index >= 15 is 0 Å². The van der Waals surface area contributed by atoms with Crippen LogP contribution < -0.4 is 5.73 Å². The van der Waals surface area contributed by atoms with Gasteiger partial charge in [-0.15, -0.1) is 0 Å².